The number of ether oxygens (including phenoxy) is 1. The van der Waals surface area contributed by atoms with Gasteiger partial charge in [0.1, 0.15) is 16.5 Å². The van der Waals surface area contributed by atoms with Gasteiger partial charge in [0.15, 0.2) is 0 Å². The van der Waals surface area contributed by atoms with Crippen molar-refractivity contribution < 1.29 is 22.3 Å². The lowest BCUT2D eigenvalue weighted by molar-refractivity contribution is 0.235. The molecule has 1 fully saturated rings. The maximum atomic E-state index is 13.0. The molecule has 1 aliphatic rings. The van der Waals surface area contributed by atoms with Crippen molar-refractivity contribution in [2.75, 3.05) is 0 Å². The Bertz CT molecular complexity index is 899. The Kier molecular flexibility index (Phi) is 5.87. The third-order valence-corrected chi connectivity index (χ3v) is 5.30. The third-order valence-electron chi connectivity index (χ3n) is 4.04. The molecular weight excluding hydrogens is 375 g/mol. The number of carbonyl (C=O) groups excluding carboxylic acids is 1. The van der Waals surface area contributed by atoms with E-state index in [9.17, 15) is 17.6 Å². The van der Waals surface area contributed by atoms with E-state index in [0.29, 0.717) is 0 Å². The molecule has 8 nitrogen and oxygen atoms in total. The lowest BCUT2D eigenvalue weighted by Crippen LogP contribution is -2.49. The van der Waals surface area contributed by atoms with Crippen molar-refractivity contribution in [2.45, 2.75) is 36.6 Å². The van der Waals surface area contributed by atoms with Crippen molar-refractivity contribution in [2.24, 2.45) is 0 Å². The third kappa shape index (κ3) is 5.14. The predicted molar refractivity (Wildman–Crippen MR) is 95.0 cm³/mol. The molecule has 1 saturated carbocycles. The highest BCUT2D eigenvalue weighted by Gasteiger charge is 2.23. The molecule has 0 radical (unpaired) electrons. The second-order valence-corrected chi connectivity index (χ2v) is 7.70. The van der Waals surface area contributed by atoms with Crippen LogP contribution in [0.1, 0.15) is 25.7 Å². The number of hydrazine groups is 1. The minimum absolute atomic E-state index is 0.0465. The van der Waals surface area contributed by atoms with Crippen LogP contribution in [0.4, 0.5) is 9.18 Å². The van der Waals surface area contributed by atoms with Crippen LogP contribution >= 0.6 is 0 Å². The Labute approximate surface area is 156 Å². The van der Waals surface area contributed by atoms with Crippen LogP contribution in [-0.2, 0) is 10.0 Å². The van der Waals surface area contributed by atoms with Gasteiger partial charge in [-0.15, -0.1) is 4.83 Å². The maximum Gasteiger partial charge on any atom is 0.330 e. The number of pyridine rings is 1. The average Bonchev–Trinajstić information content (AvgIpc) is 3.15. The van der Waals surface area contributed by atoms with Gasteiger partial charge in [-0.1, -0.05) is 12.8 Å². The van der Waals surface area contributed by atoms with Crippen molar-refractivity contribution in [1.29, 1.82) is 0 Å². The summed E-state index contributed by atoms with van der Waals surface area (Å²) in [6.45, 7) is 0. The maximum absolute atomic E-state index is 13.0. The number of rotatable bonds is 6. The van der Waals surface area contributed by atoms with Crippen LogP contribution in [0.5, 0.6) is 11.6 Å². The number of nitrogens with one attached hydrogen (secondary N) is 3. The van der Waals surface area contributed by atoms with E-state index < -0.39 is 21.9 Å². The smallest absolute Gasteiger partial charge is 0.330 e. The predicted octanol–water partition coefficient (Wildman–Crippen LogP) is 2.45. The number of hydrogen-bond donors (Lipinski definition) is 3. The van der Waals surface area contributed by atoms with E-state index >= 15 is 0 Å². The summed E-state index contributed by atoms with van der Waals surface area (Å²) in [5, 5.41) is 2.70. The van der Waals surface area contributed by atoms with Crippen molar-refractivity contribution >= 4 is 16.1 Å². The number of carbonyl (C=O) groups is 1. The molecule has 0 atom stereocenters. The first kappa shape index (κ1) is 19.1. The molecule has 144 valence electrons. The summed E-state index contributed by atoms with van der Waals surface area (Å²) in [7, 11) is -4.13. The molecule has 0 saturated heterocycles. The zero-order chi connectivity index (χ0) is 19.3. The fourth-order valence-electron chi connectivity index (χ4n) is 2.73. The van der Waals surface area contributed by atoms with Crippen LogP contribution < -0.4 is 20.3 Å². The highest BCUT2D eigenvalue weighted by atomic mass is 32.2. The molecule has 1 heterocycles. The van der Waals surface area contributed by atoms with Gasteiger partial charge in [-0.3, -0.25) is 5.43 Å². The summed E-state index contributed by atoms with van der Waals surface area (Å²) in [6.07, 6.45) is 5.18. The zero-order valence-electron chi connectivity index (χ0n) is 14.3. The monoisotopic (exact) mass is 394 g/mol. The van der Waals surface area contributed by atoms with Gasteiger partial charge in [0.05, 0.1) is 0 Å². The molecule has 10 heteroatoms. The van der Waals surface area contributed by atoms with Crippen LogP contribution in [0, 0.1) is 5.82 Å². The van der Waals surface area contributed by atoms with E-state index in [1.807, 2.05) is 4.83 Å². The van der Waals surface area contributed by atoms with E-state index in [-0.39, 0.29) is 22.6 Å². The first-order valence-electron chi connectivity index (χ1n) is 8.41. The first-order chi connectivity index (χ1) is 12.9. The number of urea groups is 1. The zero-order valence-corrected chi connectivity index (χ0v) is 15.1. The molecule has 1 aromatic heterocycles. The molecule has 2 aromatic rings. The molecule has 0 aliphatic heterocycles. The number of halogens is 1. The Morgan fingerprint density at radius 3 is 2.56 bits per heavy atom. The molecule has 2 amide bonds. The molecule has 1 aromatic carbocycles. The van der Waals surface area contributed by atoms with Crippen LogP contribution in [0.2, 0.25) is 0 Å². The normalized spacial score (nSPS) is 14.7. The Balaban J connectivity index is 1.68. The lowest BCUT2D eigenvalue weighted by Gasteiger charge is -2.14. The molecule has 27 heavy (non-hydrogen) atoms. The first-order valence-corrected chi connectivity index (χ1v) is 9.89. The summed E-state index contributed by atoms with van der Waals surface area (Å²) in [5.74, 6) is -0.427. The van der Waals surface area contributed by atoms with Crippen molar-refractivity contribution in [3.05, 3.63) is 48.4 Å². The van der Waals surface area contributed by atoms with Gasteiger partial charge in [0.2, 0.25) is 5.88 Å². The summed E-state index contributed by atoms with van der Waals surface area (Å²) in [6, 6.07) is 7.18. The number of nitrogens with zero attached hydrogens (tertiary/aromatic N) is 1. The highest BCUT2D eigenvalue weighted by molar-refractivity contribution is 7.89. The number of hydrogen-bond acceptors (Lipinski definition) is 5. The van der Waals surface area contributed by atoms with Crippen molar-refractivity contribution in [3.63, 3.8) is 0 Å². The summed E-state index contributed by atoms with van der Waals surface area (Å²) >= 11 is 0. The molecule has 0 unspecified atom stereocenters. The SMILES string of the molecule is O=C(NNS(=O)(=O)c1cccnc1Oc1ccc(F)cc1)NC1CCCC1. The van der Waals surface area contributed by atoms with Gasteiger partial charge < -0.3 is 10.1 Å². The molecule has 0 bridgehead atoms. The van der Waals surface area contributed by atoms with Gasteiger partial charge in [0, 0.05) is 12.2 Å². The summed E-state index contributed by atoms with van der Waals surface area (Å²) in [4.78, 5) is 17.5. The molecule has 1 aliphatic carbocycles. The number of benzene rings is 1. The fraction of sp³-hybridized carbons (Fsp3) is 0.294. The van der Waals surface area contributed by atoms with Gasteiger partial charge in [0.25, 0.3) is 10.0 Å². The number of sulfonamides is 1. The standard InChI is InChI=1S/C17H19FN4O4S/c18-12-7-9-14(10-8-12)26-16-15(6-3-11-19-16)27(24,25)22-21-17(23)20-13-4-1-2-5-13/h3,6-11,13,22H,1-2,4-5H2,(H2,20,21,23). The van der Waals surface area contributed by atoms with Crippen LogP contribution in [0.15, 0.2) is 47.5 Å². The molecular formula is C17H19FN4O4S. The Morgan fingerprint density at radius 1 is 1.15 bits per heavy atom. The molecule has 3 N–H and O–H groups in total. The quantitative estimate of drug-likeness (QED) is 0.652. The Hall–Kier alpha value is -2.72. The summed E-state index contributed by atoms with van der Waals surface area (Å²) in [5.41, 5.74) is 2.13. The molecule has 0 spiro atoms. The van der Waals surface area contributed by atoms with E-state index in [1.165, 1.54) is 42.6 Å². The van der Waals surface area contributed by atoms with Crippen molar-refractivity contribution in [3.8, 4) is 11.6 Å². The number of amides is 2. The van der Waals surface area contributed by atoms with E-state index in [1.54, 1.807) is 0 Å². The molecule has 3 rings (SSSR count). The Morgan fingerprint density at radius 2 is 1.85 bits per heavy atom. The topological polar surface area (TPSA) is 109 Å². The fourth-order valence-corrected chi connectivity index (χ4v) is 3.65. The van der Waals surface area contributed by atoms with E-state index in [4.69, 9.17) is 4.74 Å². The second kappa shape index (κ2) is 8.31. The second-order valence-electron chi connectivity index (χ2n) is 6.05. The van der Waals surface area contributed by atoms with Gasteiger partial charge in [-0.2, -0.15) is 0 Å². The van der Waals surface area contributed by atoms with Gasteiger partial charge in [-0.25, -0.2) is 22.6 Å². The van der Waals surface area contributed by atoms with Gasteiger partial charge in [-0.05, 0) is 49.2 Å². The largest absolute Gasteiger partial charge is 0.438 e. The van der Waals surface area contributed by atoms with Crippen LogP contribution in [-0.4, -0.2) is 25.5 Å². The lowest BCUT2D eigenvalue weighted by atomic mass is 10.3. The average molecular weight is 394 g/mol. The van der Waals surface area contributed by atoms with Crippen LogP contribution in [0.3, 0.4) is 0 Å². The highest BCUT2D eigenvalue weighted by Crippen LogP contribution is 2.26. The van der Waals surface area contributed by atoms with E-state index in [0.717, 1.165) is 25.7 Å². The van der Waals surface area contributed by atoms with Crippen molar-refractivity contribution in [1.82, 2.24) is 20.6 Å². The van der Waals surface area contributed by atoms with E-state index in [2.05, 4.69) is 15.7 Å². The summed E-state index contributed by atoms with van der Waals surface area (Å²) < 4.78 is 43.4. The van der Waals surface area contributed by atoms with Gasteiger partial charge >= 0.3 is 6.03 Å². The number of aromatic nitrogens is 1. The minimum atomic E-state index is -4.13. The van der Waals surface area contributed by atoms with Crippen LogP contribution in [0.25, 0.3) is 0 Å². The minimum Gasteiger partial charge on any atom is -0.438 e.